The van der Waals surface area contributed by atoms with Crippen LogP contribution in [-0.4, -0.2) is 61.0 Å². The predicted molar refractivity (Wildman–Crippen MR) is 83.4 cm³/mol. The second-order valence-corrected chi connectivity index (χ2v) is 5.39. The first-order chi connectivity index (χ1) is 8.22. The normalized spacial score (nSPS) is 26.3. The minimum Gasteiger partial charge on any atom is -0.337 e. The van der Waals surface area contributed by atoms with Crippen LogP contribution in [0.2, 0.25) is 0 Å². The highest BCUT2D eigenvalue weighted by Crippen LogP contribution is 2.24. The SMILES string of the molecule is CNCCCC(=O)N1CC2CCCN2CC1C.Cl.Cl. The smallest absolute Gasteiger partial charge is 0.222 e. The topological polar surface area (TPSA) is 35.6 Å². The lowest BCUT2D eigenvalue weighted by Crippen LogP contribution is -2.56. The number of rotatable bonds is 4. The summed E-state index contributed by atoms with van der Waals surface area (Å²) in [6.07, 6.45) is 4.22. The average molecular weight is 312 g/mol. The van der Waals surface area contributed by atoms with E-state index in [4.69, 9.17) is 0 Å². The van der Waals surface area contributed by atoms with E-state index in [2.05, 4.69) is 22.0 Å². The largest absolute Gasteiger partial charge is 0.337 e. The first-order valence-corrected chi connectivity index (χ1v) is 6.90. The Hall–Kier alpha value is -0.0300. The molecule has 2 aliphatic rings. The molecule has 1 N–H and O–H groups in total. The number of hydrogen-bond acceptors (Lipinski definition) is 3. The van der Waals surface area contributed by atoms with E-state index >= 15 is 0 Å². The Labute approximate surface area is 129 Å². The molecule has 0 aromatic heterocycles. The van der Waals surface area contributed by atoms with Gasteiger partial charge in [0.25, 0.3) is 0 Å². The van der Waals surface area contributed by atoms with Crippen LogP contribution in [0, 0.1) is 0 Å². The standard InChI is InChI=1S/C13H25N3O.2ClH/c1-11-9-15-8-4-5-12(15)10-16(11)13(17)6-3-7-14-2;;/h11-12,14H,3-10H2,1-2H3;2*1H. The zero-order valence-electron chi connectivity index (χ0n) is 11.9. The molecule has 0 bridgehead atoms. The molecule has 0 aromatic carbocycles. The summed E-state index contributed by atoms with van der Waals surface area (Å²) in [7, 11) is 1.93. The van der Waals surface area contributed by atoms with Gasteiger partial charge in [-0.15, -0.1) is 24.8 Å². The lowest BCUT2D eigenvalue weighted by molar-refractivity contribution is -0.136. The van der Waals surface area contributed by atoms with E-state index in [9.17, 15) is 4.79 Å². The molecule has 2 rings (SSSR count). The number of carbonyl (C=O) groups excluding carboxylic acids is 1. The van der Waals surface area contributed by atoms with Crippen LogP contribution < -0.4 is 5.32 Å². The van der Waals surface area contributed by atoms with Crippen molar-refractivity contribution in [3.63, 3.8) is 0 Å². The Morgan fingerprint density at radius 3 is 2.74 bits per heavy atom. The summed E-state index contributed by atoms with van der Waals surface area (Å²) in [6, 6.07) is 1.03. The minimum atomic E-state index is 0. The molecule has 0 radical (unpaired) electrons. The molecule has 2 saturated heterocycles. The number of halogens is 2. The van der Waals surface area contributed by atoms with Gasteiger partial charge in [-0.25, -0.2) is 0 Å². The molecule has 0 spiro atoms. The molecule has 19 heavy (non-hydrogen) atoms. The Bertz CT molecular complexity index is 279. The van der Waals surface area contributed by atoms with Gasteiger partial charge in [0.2, 0.25) is 5.91 Å². The van der Waals surface area contributed by atoms with E-state index in [0.29, 0.717) is 24.4 Å². The summed E-state index contributed by atoms with van der Waals surface area (Å²) in [5.41, 5.74) is 0. The Morgan fingerprint density at radius 2 is 2.05 bits per heavy atom. The van der Waals surface area contributed by atoms with E-state index in [1.165, 1.54) is 19.4 Å². The number of hydrogen-bond donors (Lipinski definition) is 1. The van der Waals surface area contributed by atoms with Crippen LogP contribution >= 0.6 is 24.8 Å². The highest BCUT2D eigenvalue weighted by molar-refractivity contribution is 5.85. The van der Waals surface area contributed by atoms with E-state index in [0.717, 1.165) is 26.1 Å². The maximum atomic E-state index is 12.2. The molecule has 0 saturated carbocycles. The highest BCUT2D eigenvalue weighted by atomic mass is 35.5. The lowest BCUT2D eigenvalue weighted by Gasteiger charge is -2.42. The van der Waals surface area contributed by atoms with Crippen molar-refractivity contribution in [2.75, 3.05) is 33.2 Å². The van der Waals surface area contributed by atoms with Gasteiger partial charge in [0.05, 0.1) is 0 Å². The van der Waals surface area contributed by atoms with E-state index in [-0.39, 0.29) is 24.8 Å². The zero-order valence-corrected chi connectivity index (χ0v) is 13.6. The Morgan fingerprint density at radius 1 is 1.32 bits per heavy atom. The summed E-state index contributed by atoms with van der Waals surface area (Å²) in [6.45, 7) is 6.38. The van der Waals surface area contributed by atoms with Crippen molar-refractivity contribution in [3.05, 3.63) is 0 Å². The van der Waals surface area contributed by atoms with Gasteiger partial charge in [0, 0.05) is 31.6 Å². The second-order valence-electron chi connectivity index (χ2n) is 5.39. The fourth-order valence-corrected chi connectivity index (χ4v) is 3.09. The number of nitrogens with zero attached hydrogens (tertiary/aromatic N) is 2. The lowest BCUT2D eigenvalue weighted by atomic mass is 10.1. The first kappa shape index (κ1) is 19.0. The van der Waals surface area contributed by atoms with Crippen molar-refractivity contribution in [1.29, 1.82) is 0 Å². The van der Waals surface area contributed by atoms with Gasteiger partial charge in [-0.3, -0.25) is 9.69 Å². The van der Waals surface area contributed by atoms with Crippen LogP contribution in [0.25, 0.3) is 0 Å². The molecule has 0 aromatic rings. The summed E-state index contributed by atoms with van der Waals surface area (Å²) in [4.78, 5) is 16.8. The van der Waals surface area contributed by atoms with Crippen LogP contribution in [0.1, 0.15) is 32.6 Å². The fraction of sp³-hybridized carbons (Fsp3) is 0.923. The maximum absolute atomic E-state index is 12.2. The van der Waals surface area contributed by atoms with Crippen molar-refractivity contribution < 1.29 is 4.79 Å². The van der Waals surface area contributed by atoms with Gasteiger partial charge in [-0.1, -0.05) is 0 Å². The van der Waals surface area contributed by atoms with Crippen LogP contribution in [-0.2, 0) is 4.79 Å². The van der Waals surface area contributed by atoms with Crippen molar-refractivity contribution in [1.82, 2.24) is 15.1 Å². The van der Waals surface area contributed by atoms with E-state index in [1.54, 1.807) is 0 Å². The molecule has 1 amide bonds. The molecule has 2 atom stereocenters. The molecule has 2 fully saturated rings. The van der Waals surface area contributed by atoms with Crippen LogP contribution in [0.4, 0.5) is 0 Å². The molecule has 0 aliphatic carbocycles. The molecule has 114 valence electrons. The van der Waals surface area contributed by atoms with Crippen LogP contribution in [0.3, 0.4) is 0 Å². The fourth-order valence-electron chi connectivity index (χ4n) is 3.09. The van der Waals surface area contributed by atoms with Crippen molar-refractivity contribution >= 4 is 30.7 Å². The zero-order chi connectivity index (χ0) is 12.3. The van der Waals surface area contributed by atoms with Gasteiger partial charge in [0.1, 0.15) is 0 Å². The third kappa shape index (κ3) is 4.78. The van der Waals surface area contributed by atoms with Gasteiger partial charge in [-0.05, 0) is 46.3 Å². The summed E-state index contributed by atoms with van der Waals surface area (Å²) < 4.78 is 0. The number of nitrogens with one attached hydrogen (secondary N) is 1. The number of amides is 1. The number of carbonyl (C=O) groups is 1. The molecule has 2 aliphatic heterocycles. The van der Waals surface area contributed by atoms with Crippen LogP contribution in [0.15, 0.2) is 0 Å². The summed E-state index contributed by atoms with van der Waals surface area (Å²) >= 11 is 0. The molecule has 2 unspecified atom stereocenters. The number of piperazine rings is 1. The maximum Gasteiger partial charge on any atom is 0.222 e. The monoisotopic (exact) mass is 311 g/mol. The number of fused-ring (bicyclic) bond motifs is 1. The quantitative estimate of drug-likeness (QED) is 0.800. The third-order valence-electron chi connectivity index (χ3n) is 4.08. The van der Waals surface area contributed by atoms with Gasteiger partial charge in [0.15, 0.2) is 0 Å². The summed E-state index contributed by atoms with van der Waals surface area (Å²) in [5.74, 6) is 0.347. The Kier molecular flexibility index (Phi) is 8.99. The molecule has 4 nitrogen and oxygen atoms in total. The van der Waals surface area contributed by atoms with Crippen LogP contribution in [0.5, 0.6) is 0 Å². The van der Waals surface area contributed by atoms with E-state index in [1.807, 2.05) is 7.05 Å². The van der Waals surface area contributed by atoms with Gasteiger partial charge < -0.3 is 10.2 Å². The van der Waals surface area contributed by atoms with E-state index < -0.39 is 0 Å². The van der Waals surface area contributed by atoms with Gasteiger partial charge >= 0.3 is 0 Å². The van der Waals surface area contributed by atoms with Gasteiger partial charge in [-0.2, -0.15) is 0 Å². The second kappa shape index (κ2) is 9.01. The molecule has 6 heteroatoms. The molecule has 2 heterocycles. The van der Waals surface area contributed by atoms with Crippen molar-refractivity contribution in [3.8, 4) is 0 Å². The average Bonchev–Trinajstić information content (AvgIpc) is 2.75. The third-order valence-corrected chi connectivity index (χ3v) is 4.08. The first-order valence-electron chi connectivity index (χ1n) is 6.90. The minimum absolute atomic E-state index is 0. The Balaban J connectivity index is 0.00000162. The highest BCUT2D eigenvalue weighted by Gasteiger charge is 2.35. The predicted octanol–water partition coefficient (Wildman–Crippen LogP) is 1.52. The molecular weight excluding hydrogens is 285 g/mol. The van der Waals surface area contributed by atoms with Crippen molar-refractivity contribution in [2.24, 2.45) is 0 Å². The summed E-state index contributed by atoms with van der Waals surface area (Å²) in [5, 5.41) is 3.10. The van der Waals surface area contributed by atoms with Crippen molar-refractivity contribution in [2.45, 2.75) is 44.7 Å². The molecular formula is C13H27Cl2N3O.